The van der Waals surface area contributed by atoms with Gasteiger partial charge in [-0.2, -0.15) is 0 Å². The lowest BCUT2D eigenvalue weighted by molar-refractivity contribution is 0.245. The average Bonchev–Trinajstić information content (AvgIpc) is 2.39. The number of benzene rings is 1. The van der Waals surface area contributed by atoms with Gasteiger partial charge in [0.05, 0.1) is 0 Å². The van der Waals surface area contributed by atoms with Gasteiger partial charge < -0.3 is 5.32 Å². The van der Waals surface area contributed by atoms with Crippen molar-refractivity contribution < 1.29 is 4.39 Å². The van der Waals surface area contributed by atoms with Crippen LogP contribution in [0, 0.1) is 11.7 Å². The van der Waals surface area contributed by atoms with Crippen molar-refractivity contribution in [2.45, 2.75) is 57.5 Å². The summed E-state index contributed by atoms with van der Waals surface area (Å²) >= 11 is 0. The lowest BCUT2D eigenvalue weighted by atomic mass is 9.77. The SMILES string of the molecule is CC1Cc2ccc(F)cc2C(C2CCCCC2)N1. The Morgan fingerprint density at radius 3 is 2.72 bits per heavy atom. The zero-order chi connectivity index (χ0) is 12.5. The van der Waals surface area contributed by atoms with E-state index in [0.717, 1.165) is 6.42 Å². The average molecular weight is 247 g/mol. The van der Waals surface area contributed by atoms with Crippen molar-refractivity contribution >= 4 is 0 Å². The Morgan fingerprint density at radius 1 is 1.17 bits per heavy atom. The quantitative estimate of drug-likeness (QED) is 0.791. The van der Waals surface area contributed by atoms with Crippen LogP contribution in [-0.2, 0) is 6.42 Å². The fourth-order valence-electron chi connectivity index (χ4n) is 3.68. The first-order chi connectivity index (χ1) is 8.74. The summed E-state index contributed by atoms with van der Waals surface area (Å²) in [6.45, 7) is 2.24. The topological polar surface area (TPSA) is 12.0 Å². The molecule has 1 aliphatic carbocycles. The summed E-state index contributed by atoms with van der Waals surface area (Å²) in [7, 11) is 0. The van der Waals surface area contributed by atoms with Gasteiger partial charge >= 0.3 is 0 Å². The van der Waals surface area contributed by atoms with Gasteiger partial charge in [-0.1, -0.05) is 25.3 Å². The molecule has 1 saturated carbocycles. The first-order valence-corrected chi connectivity index (χ1v) is 7.28. The van der Waals surface area contributed by atoms with Crippen molar-refractivity contribution in [2.24, 2.45) is 5.92 Å². The first kappa shape index (κ1) is 12.2. The van der Waals surface area contributed by atoms with Gasteiger partial charge in [0, 0.05) is 12.1 Å². The number of nitrogens with one attached hydrogen (secondary N) is 1. The molecule has 1 aromatic carbocycles. The van der Waals surface area contributed by atoms with Crippen LogP contribution in [0.3, 0.4) is 0 Å². The van der Waals surface area contributed by atoms with Crippen LogP contribution < -0.4 is 5.32 Å². The molecule has 2 atom stereocenters. The highest BCUT2D eigenvalue weighted by Crippen LogP contribution is 2.38. The molecule has 2 aliphatic rings. The highest BCUT2D eigenvalue weighted by molar-refractivity contribution is 5.34. The molecule has 0 bridgehead atoms. The molecule has 3 rings (SSSR count). The Labute approximate surface area is 109 Å². The zero-order valence-electron chi connectivity index (χ0n) is 11.1. The lowest BCUT2D eigenvalue weighted by Gasteiger charge is -2.38. The van der Waals surface area contributed by atoms with Gasteiger partial charge in [-0.15, -0.1) is 0 Å². The molecule has 0 aromatic heterocycles. The molecular weight excluding hydrogens is 225 g/mol. The maximum absolute atomic E-state index is 13.5. The molecule has 0 radical (unpaired) electrons. The molecule has 1 nitrogen and oxygen atoms in total. The first-order valence-electron chi connectivity index (χ1n) is 7.28. The van der Waals surface area contributed by atoms with E-state index in [9.17, 15) is 4.39 Å². The summed E-state index contributed by atoms with van der Waals surface area (Å²) in [5.41, 5.74) is 2.57. The van der Waals surface area contributed by atoms with Crippen LogP contribution in [0.15, 0.2) is 18.2 Å². The molecule has 1 aliphatic heterocycles. The van der Waals surface area contributed by atoms with Crippen molar-refractivity contribution in [2.75, 3.05) is 0 Å². The second kappa shape index (κ2) is 5.00. The molecule has 1 heterocycles. The van der Waals surface area contributed by atoms with Crippen LogP contribution in [0.25, 0.3) is 0 Å². The standard InChI is InChI=1S/C16H22FN/c1-11-9-13-7-8-14(17)10-15(13)16(18-11)12-5-3-2-4-6-12/h7-8,10-12,16,18H,2-6,9H2,1H3. The van der Waals surface area contributed by atoms with E-state index in [-0.39, 0.29) is 5.82 Å². The fraction of sp³-hybridized carbons (Fsp3) is 0.625. The highest BCUT2D eigenvalue weighted by atomic mass is 19.1. The summed E-state index contributed by atoms with van der Waals surface area (Å²) in [6.07, 6.45) is 7.65. The molecule has 0 spiro atoms. The maximum atomic E-state index is 13.5. The normalized spacial score (nSPS) is 29.0. The van der Waals surface area contributed by atoms with Crippen LogP contribution in [0.1, 0.15) is 56.2 Å². The van der Waals surface area contributed by atoms with Crippen molar-refractivity contribution in [1.82, 2.24) is 5.32 Å². The smallest absolute Gasteiger partial charge is 0.123 e. The van der Waals surface area contributed by atoms with E-state index in [0.29, 0.717) is 18.0 Å². The second-order valence-electron chi connectivity index (χ2n) is 5.99. The monoisotopic (exact) mass is 247 g/mol. The minimum Gasteiger partial charge on any atom is -0.307 e. The Balaban J connectivity index is 1.92. The van der Waals surface area contributed by atoms with Crippen LogP contribution >= 0.6 is 0 Å². The summed E-state index contributed by atoms with van der Waals surface area (Å²) in [5, 5.41) is 3.70. The summed E-state index contributed by atoms with van der Waals surface area (Å²) in [6, 6.07) is 6.23. The van der Waals surface area contributed by atoms with Crippen molar-refractivity contribution in [3.05, 3.63) is 35.1 Å². The Morgan fingerprint density at radius 2 is 1.94 bits per heavy atom. The third-order valence-electron chi connectivity index (χ3n) is 4.55. The Kier molecular flexibility index (Phi) is 3.38. The maximum Gasteiger partial charge on any atom is 0.123 e. The summed E-state index contributed by atoms with van der Waals surface area (Å²) in [5.74, 6) is 0.605. The Hall–Kier alpha value is -0.890. The lowest BCUT2D eigenvalue weighted by Crippen LogP contribution is -2.41. The molecule has 0 amide bonds. The molecular formula is C16H22FN. The predicted molar refractivity (Wildman–Crippen MR) is 72.0 cm³/mol. The molecule has 0 saturated heterocycles. The van der Waals surface area contributed by atoms with Crippen molar-refractivity contribution in [3.63, 3.8) is 0 Å². The van der Waals surface area contributed by atoms with Gasteiger partial charge in [0.1, 0.15) is 5.82 Å². The van der Waals surface area contributed by atoms with Gasteiger partial charge in [0.2, 0.25) is 0 Å². The van der Waals surface area contributed by atoms with E-state index >= 15 is 0 Å². The van der Waals surface area contributed by atoms with E-state index in [1.54, 1.807) is 12.1 Å². The van der Waals surface area contributed by atoms with Gasteiger partial charge in [-0.05, 0) is 55.4 Å². The van der Waals surface area contributed by atoms with Crippen molar-refractivity contribution in [1.29, 1.82) is 0 Å². The van der Waals surface area contributed by atoms with Gasteiger partial charge in [0.25, 0.3) is 0 Å². The number of fused-ring (bicyclic) bond motifs is 1. The van der Waals surface area contributed by atoms with Crippen LogP contribution in [0.4, 0.5) is 4.39 Å². The number of rotatable bonds is 1. The van der Waals surface area contributed by atoms with E-state index in [1.165, 1.54) is 43.2 Å². The molecule has 1 fully saturated rings. The number of hydrogen-bond donors (Lipinski definition) is 1. The van der Waals surface area contributed by atoms with Crippen LogP contribution in [-0.4, -0.2) is 6.04 Å². The molecule has 1 N–H and O–H groups in total. The third-order valence-corrected chi connectivity index (χ3v) is 4.55. The summed E-state index contributed by atoms with van der Waals surface area (Å²) < 4.78 is 13.5. The van der Waals surface area contributed by atoms with Crippen LogP contribution in [0.5, 0.6) is 0 Å². The van der Waals surface area contributed by atoms with Gasteiger partial charge in [0.15, 0.2) is 0 Å². The summed E-state index contributed by atoms with van der Waals surface area (Å²) in [4.78, 5) is 0. The molecule has 2 heteroatoms. The van der Waals surface area contributed by atoms with Crippen LogP contribution in [0.2, 0.25) is 0 Å². The molecule has 2 unspecified atom stereocenters. The number of hydrogen-bond acceptors (Lipinski definition) is 1. The minimum atomic E-state index is -0.0917. The fourth-order valence-corrected chi connectivity index (χ4v) is 3.68. The zero-order valence-corrected chi connectivity index (χ0v) is 11.1. The number of halogens is 1. The Bertz CT molecular complexity index is 423. The van der Waals surface area contributed by atoms with E-state index in [1.807, 2.05) is 6.07 Å². The highest BCUT2D eigenvalue weighted by Gasteiger charge is 2.31. The predicted octanol–water partition coefficient (Wildman–Crippen LogP) is 3.98. The van der Waals surface area contributed by atoms with E-state index in [4.69, 9.17) is 0 Å². The van der Waals surface area contributed by atoms with Gasteiger partial charge in [-0.3, -0.25) is 0 Å². The molecule has 1 aromatic rings. The molecule has 98 valence electrons. The third kappa shape index (κ3) is 2.31. The van der Waals surface area contributed by atoms with E-state index in [2.05, 4.69) is 12.2 Å². The van der Waals surface area contributed by atoms with Gasteiger partial charge in [-0.25, -0.2) is 4.39 Å². The minimum absolute atomic E-state index is 0.0917. The second-order valence-corrected chi connectivity index (χ2v) is 5.99. The largest absolute Gasteiger partial charge is 0.307 e. The van der Waals surface area contributed by atoms with E-state index < -0.39 is 0 Å². The van der Waals surface area contributed by atoms with Crippen molar-refractivity contribution in [3.8, 4) is 0 Å². The molecule has 18 heavy (non-hydrogen) atoms.